The van der Waals surface area contributed by atoms with E-state index in [2.05, 4.69) is 32.4 Å². The van der Waals surface area contributed by atoms with Crippen LogP contribution in [0.1, 0.15) is 22.4 Å². The first-order valence-corrected chi connectivity index (χ1v) is 10.7. The van der Waals surface area contributed by atoms with Gasteiger partial charge < -0.3 is 9.84 Å². The van der Waals surface area contributed by atoms with Crippen LogP contribution in [0.2, 0.25) is 0 Å². The average Bonchev–Trinajstić information content (AvgIpc) is 3.40. The van der Waals surface area contributed by atoms with Crippen molar-refractivity contribution in [1.82, 2.24) is 25.2 Å². The summed E-state index contributed by atoms with van der Waals surface area (Å²) in [7, 11) is 0. The number of rotatable bonds is 7. The molecule has 0 aliphatic carbocycles. The molecule has 4 aromatic rings. The van der Waals surface area contributed by atoms with Crippen molar-refractivity contribution in [2.45, 2.75) is 18.1 Å². The molecule has 1 N–H and O–H groups in total. The van der Waals surface area contributed by atoms with Gasteiger partial charge in [0.25, 0.3) is 0 Å². The lowest BCUT2D eigenvalue weighted by atomic mass is 9.84. The van der Waals surface area contributed by atoms with E-state index in [0.717, 1.165) is 35.4 Å². The van der Waals surface area contributed by atoms with Gasteiger partial charge in [-0.2, -0.15) is 14.0 Å². The van der Waals surface area contributed by atoms with Crippen LogP contribution in [-0.4, -0.2) is 36.9 Å². The normalized spacial score (nSPS) is 12.7. The lowest BCUT2D eigenvalue weighted by Crippen LogP contribution is -2.48. The number of ether oxygens (including phenoxy) is 1. The molecule has 0 saturated heterocycles. The Morgan fingerprint density at radius 2 is 1.79 bits per heavy atom. The summed E-state index contributed by atoms with van der Waals surface area (Å²) in [4.78, 5) is 3.69. The number of tetrazole rings is 1. The standard InChI is InChI=1S/C25H15F5N6O2/c26-18-5-6-19(20(27)11-18)24(37,14-36-15-33-34-35-36)25(29,30)23-8-4-16(13-32-23)2-1-9-38-22-7-3-17(12-31)10-21(22)28/h3-8,10-11,13,15,37H,9,14H2. The highest BCUT2D eigenvalue weighted by molar-refractivity contribution is 5.38. The first-order chi connectivity index (χ1) is 18.1. The number of nitrogens with zero attached hydrogens (tertiary/aromatic N) is 6. The zero-order valence-corrected chi connectivity index (χ0v) is 19.1. The second-order valence-corrected chi connectivity index (χ2v) is 7.85. The molecule has 0 aliphatic heterocycles. The van der Waals surface area contributed by atoms with E-state index in [0.29, 0.717) is 12.1 Å². The quantitative estimate of drug-likeness (QED) is 0.290. The number of hydrogen-bond acceptors (Lipinski definition) is 7. The van der Waals surface area contributed by atoms with Crippen LogP contribution in [0.3, 0.4) is 0 Å². The molecule has 1 atom stereocenters. The van der Waals surface area contributed by atoms with Gasteiger partial charge in [-0.3, -0.25) is 4.98 Å². The van der Waals surface area contributed by atoms with Crippen LogP contribution in [0.5, 0.6) is 5.75 Å². The molecule has 0 bridgehead atoms. The molecule has 38 heavy (non-hydrogen) atoms. The molecule has 0 saturated carbocycles. The highest BCUT2D eigenvalue weighted by Gasteiger charge is 2.57. The van der Waals surface area contributed by atoms with Gasteiger partial charge in [0.15, 0.2) is 17.2 Å². The monoisotopic (exact) mass is 526 g/mol. The zero-order valence-electron chi connectivity index (χ0n) is 19.1. The first-order valence-electron chi connectivity index (χ1n) is 10.7. The van der Waals surface area contributed by atoms with Gasteiger partial charge in [0.05, 0.1) is 18.2 Å². The van der Waals surface area contributed by atoms with Crippen molar-refractivity contribution in [3.8, 4) is 23.7 Å². The van der Waals surface area contributed by atoms with Crippen LogP contribution in [0.15, 0.2) is 61.1 Å². The summed E-state index contributed by atoms with van der Waals surface area (Å²) in [5.41, 5.74) is -4.78. The van der Waals surface area contributed by atoms with Gasteiger partial charge in [-0.25, -0.2) is 17.9 Å². The third kappa shape index (κ3) is 5.28. The number of halogens is 5. The number of benzene rings is 2. The summed E-state index contributed by atoms with van der Waals surface area (Å²) >= 11 is 0. The van der Waals surface area contributed by atoms with Gasteiger partial charge in [0.2, 0.25) is 0 Å². The molecule has 2 aromatic heterocycles. The van der Waals surface area contributed by atoms with E-state index in [-0.39, 0.29) is 23.5 Å². The maximum absolute atomic E-state index is 15.7. The van der Waals surface area contributed by atoms with E-state index in [4.69, 9.17) is 10.00 Å². The molecule has 0 fully saturated rings. The molecule has 13 heteroatoms. The Morgan fingerprint density at radius 3 is 2.42 bits per heavy atom. The van der Waals surface area contributed by atoms with Crippen molar-refractivity contribution in [3.63, 3.8) is 0 Å². The largest absolute Gasteiger partial charge is 0.478 e. The van der Waals surface area contributed by atoms with Gasteiger partial charge >= 0.3 is 5.92 Å². The SMILES string of the molecule is N#Cc1ccc(OCC#Cc2ccc(C(F)(F)C(O)(Cn3cnnn3)c3ccc(F)cc3F)nc2)c(F)c1. The fourth-order valence-electron chi connectivity index (χ4n) is 3.47. The summed E-state index contributed by atoms with van der Waals surface area (Å²) in [6.07, 6.45) is 1.94. The van der Waals surface area contributed by atoms with Gasteiger partial charge in [-0.15, -0.1) is 5.10 Å². The van der Waals surface area contributed by atoms with E-state index >= 15 is 8.78 Å². The lowest BCUT2D eigenvalue weighted by Gasteiger charge is -2.35. The number of aromatic nitrogens is 5. The summed E-state index contributed by atoms with van der Waals surface area (Å²) < 4.78 is 79.2. The van der Waals surface area contributed by atoms with E-state index in [9.17, 15) is 18.3 Å². The summed E-state index contributed by atoms with van der Waals surface area (Å²) in [6, 6.07) is 9.31. The van der Waals surface area contributed by atoms with Crippen molar-refractivity contribution >= 4 is 0 Å². The van der Waals surface area contributed by atoms with E-state index in [1.165, 1.54) is 18.2 Å². The highest BCUT2D eigenvalue weighted by atomic mass is 19.3. The molecule has 0 radical (unpaired) electrons. The molecule has 8 nitrogen and oxygen atoms in total. The minimum absolute atomic E-state index is 0.121. The molecule has 4 rings (SSSR count). The van der Waals surface area contributed by atoms with Crippen LogP contribution in [-0.2, 0) is 18.1 Å². The molecular weight excluding hydrogens is 511 g/mol. The van der Waals surface area contributed by atoms with Crippen molar-refractivity contribution in [1.29, 1.82) is 5.26 Å². The minimum atomic E-state index is -4.21. The van der Waals surface area contributed by atoms with Gasteiger partial charge in [0.1, 0.15) is 30.3 Å². The molecule has 0 aliphatic rings. The van der Waals surface area contributed by atoms with E-state index in [1.54, 1.807) is 6.07 Å². The maximum atomic E-state index is 15.7. The Labute approximate surface area is 211 Å². The second-order valence-electron chi connectivity index (χ2n) is 7.85. The van der Waals surface area contributed by atoms with Crippen LogP contribution in [0.4, 0.5) is 22.0 Å². The Hall–Kier alpha value is -4.88. The van der Waals surface area contributed by atoms with Gasteiger partial charge in [-0.05, 0) is 52.9 Å². The number of nitriles is 1. The maximum Gasteiger partial charge on any atom is 0.323 e. The van der Waals surface area contributed by atoms with E-state index in [1.807, 2.05) is 0 Å². The van der Waals surface area contributed by atoms with Crippen LogP contribution >= 0.6 is 0 Å². The molecule has 0 spiro atoms. The van der Waals surface area contributed by atoms with Crippen molar-refractivity contribution in [2.75, 3.05) is 6.61 Å². The Balaban J connectivity index is 1.56. The average molecular weight is 526 g/mol. The number of aliphatic hydroxyl groups is 1. The lowest BCUT2D eigenvalue weighted by molar-refractivity contribution is -0.207. The van der Waals surface area contributed by atoms with Crippen molar-refractivity contribution < 1.29 is 31.8 Å². The third-order valence-electron chi connectivity index (χ3n) is 5.36. The molecule has 1 unspecified atom stereocenters. The Morgan fingerprint density at radius 1 is 1.00 bits per heavy atom. The predicted molar refractivity (Wildman–Crippen MR) is 120 cm³/mol. The predicted octanol–water partition coefficient (Wildman–Crippen LogP) is 3.47. The fourth-order valence-corrected chi connectivity index (χ4v) is 3.47. The highest BCUT2D eigenvalue weighted by Crippen LogP contribution is 2.46. The number of pyridine rings is 1. The third-order valence-corrected chi connectivity index (χ3v) is 5.36. The topological polar surface area (TPSA) is 110 Å². The Bertz CT molecular complexity index is 1550. The first kappa shape index (κ1) is 26.2. The molecule has 2 aromatic carbocycles. The van der Waals surface area contributed by atoms with Crippen LogP contribution in [0, 0.1) is 40.6 Å². The summed E-state index contributed by atoms with van der Waals surface area (Å²) in [5.74, 6) is -2.32. The van der Waals surface area contributed by atoms with Crippen molar-refractivity contribution in [2.24, 2.45) is 0 Å². The van der Waals surface area contributed by atoms with Crippen LogP contribution < -0.4 is 4.74 Å². The fraction of sp³-hybridized carbons (Fsp3) is 0.160. The van der Waals surface area contributed by atoms with Crippen LogP contribution in [0.25, 0.3) is 0 Å². The minimum Gasteiger partial charge on any atom is -0.478 e. The second kappa shape index (κ2) is 10.6. The van der Waals surface area contributed by atoms with E-state index < -0.39 is 46.8 Å². The number of alkyl halides is 2. The zero-order chi connectivity index (χ0) is 27.3. The number of hydrogen-bond donors (Lipinski definition) is 1. The molecule has 192 valence electrons. The summed E-state index contributed by atoms with van der Waals surface area (Å²) in [6.45, 7) is -1.24. The van der Waals surface area contributed by atoms with Gasteiger partial charge in [0, 0.05) is 23.4 Å². The summed E-state index contributed by atoms with van der Waals surface area (Å²) in [5, 5.41) is 30.0. The van der Waals surface area contributed by atoms with Crippen molar-refractivity contribution in [3.05, 3.63) is 101 Å². The molecular formula is C25H15F5N6O2. The van der Waals surface area contributed by atoms with Gasteiger partial charge in [-0.1, -0.05) is 11.8 Å². The molecule has 2 heterocycles. The Kier molecular flexibility index (Phi) is 7.32. The smallest absolute Gasteiger partial charge is 0.323 e. The molecule has 0 amide bonds.